The van der Waals surface area contributed by atoms with Gasteiger partial charge >= 0.3 is 0 Å². The largest absolute Gasteiger partial charge is 0.342 e. The second-order valence-corrected chi connectivity index (χ2v) is 6.04. The molecule has 3 heteroatoms. The number of amides is 1. The first kappa shape index (κ1) is 14.5. The van der Waals surface area contributed by atoms with E-state index in [-0.39, 0.29) is 12.0 Å². The van der Waals surface area contributed by atoms with Gasteiger partial charge in [0, 0.05) is 25.0 Å². The van der Waals surface area contributed by atoms with Crippen LogP contribution in [0.15, 0.2) is 0 Å². The maximum atomic E-state index is 12.4. The molecule has 0 aromatic heterocycles. The Balaban J connectivity index is 2.60. The van der Waals surface area contributed by atoms with Gasteiger partial charge in [-0.25, -0.2) is 0 Å². The highest BCUT2D eigenvalue weighted by Gasteiger charge is 2.31. The van der Waals surface area contributed by atoms with Crippen LogP contribution in [0.5, 0.6) is 0 Å². The molecule has 1 aliphatic carbocycles. The second kappa shape index (κ2) is 6.39. The van der Waals surface area contributed by atoms with Gasteiger partial charge in [0.25, 0.3) is 0 Å². The topological polar surface area (TPSA) is 46.3 Å². The smallest absolute Gasteiger partial charge is 0.225 e. The molecule has 3 atom stereocenters. The van der Waals surface area contributed by atoms with Crippen LogP contribution in [0, 0.1) is 17.8 Å². The van der Waals surface area contributed by atoms with Crippen LogP contribution in [0.4, 0.5) is 0 Å². The minimum absolute atomic E-state index is 0.160. The molecule has 1 rings (SSSR count). The molecule has 0 saturated heterocycles. The lowest BCUT2D eigenvalue weighted by atomic mass is 9.79. The van der Waals surface area contributed by atoms with Crippen molar-refractivity contribution in [1.82, 2.24) is 4.90 Å². The van der Waals surface area contributed by atoms with Crippen molar-refractivity contribution in [2.75, 3.05) is 13.1 Å². The van der Waals surface area contributed by atoms with Crippen LogP contribution in [0.2, 0.25) is 0 Å². The molecule has 0 spiro atoms. The highest BCUT2D eigenvalue weighted by Crippen LogP contribution is 2.29. The van der Waals surface area contributed by atoms with Crippen LogP contribution in [0.1, 0.15) is 47.0 Å². The molecule has 0 aliphatic heterocycles. The monoisotopic (exact) mass is 240 g/mol. The number of nitrogens with zero attached hydrogens (tertiary/aromatic N) is 1. The van der Waals surface area contributed by atoms with Crippen molar-refractivity contribution < 1.29 is 4.79 Å². The van der Waals surface area contributed by atoms with Crippen molar-refractivity contribution >= 4 is 5.91 Å². The predicted molar refractivity (Wildman–Crippen MR) is 71.6 cm³/mol. The Hall–Kier alpha value is -0.570. The van der Waals surface area contributed by atoms with E-state index in [1.165, 1.54) is 0 Å². The zero-order valence-corrected chi connectivity index (χ0v) is 11.8. The molecular formula is C14H28N2O. The zero-order chi connectivity index (χ0) is 13.0. The molecule has 0 bridgehead atoms. The van der Waals surface area contributed by atoms with E-state index in [9.17, 15) is 4.79 Å². The van der Waals surface area contributed by atoms with E-state index < -0.39 is 0 Å². The van der Waals surface area contributed by atoms with Crippen molar-refractivity contribution in [3.63, 3.8) is 0 Å². The van der Waals surface area contributed by atoms with Crippen molar-refractivity contribution in [3.8, 4) is 0 Å². The highest BCUT2D eigenvalue weighted by atomic mass is 16.2. The van der Waals surface area contributed by atoms with Crippen molar-refractivity contribution in [3.05, 3.63) is 0 Å². The van der Waals surface area contributed by atoms with Gasteiger partial charge in [0.2, 0.25) is 5.91 Å². The fourth-order valence-electron chi connectivity index (χ4n) is 2.93. The third-order valence-corrected chi connectivity index (χ3v) is 3.61. The van der Waals surface area contributed by atoms with E-state index in [0.717, 1.165) is 32.4 Å². The van der Waals surface area contributed by atoms with Gasteiger partial charge in [0.15, 0.2) is 0 Å². The molecule has 1 fully saturated rings. The van der Waals surface area contributed by atoms with Gasteiger partial charge in [0.1, 0.15) is 0 Å². The Morgan fingerprint density at radius 3 is 2.47 bits per heavy atom. The summed E-state index contributed by atoms with van der Waals surface area (Å²) in [6, 6.07) is 0.213. The van der Waals surface area contributed by atoms with E-state index in [1.807, 2.05) is 4.90 Å². The Kier molecular flexibility index (Phi) is 5.44. The maximum absolute atomic E-state index is 12.4. The van der Waals surface area contributed by atoms with Crippen molar-refractivity contribution in [2.24, 2.45) is 23.5 Å². The molecular weight excluding hydrogens is 212 g/mol. The number of hydrogen-bond donors (Lipinski definition) is 1. The molecule has 1 amide bonds. The fraction of sp³-hybridized carbons (Fsp3) is 0.929. The highest BCUT2D eigenvalue weighted by molar-refractivity contribution is 5.79. The quantitative estimate of drug-likeness (QED) is 0.819. The molecule has 0 aromatic rings. The van der Waals surface area contributed by atoms with Crippen molar-refractivity contribution in [2.45, 2.75) is 53.0 Å². The first-order valence-electron chi connectivity index (χ1n) is 6.98. The SMILES string of the molecule is CCN(CC(C)C)C(=O)C1CC(C)CC(N)C1. The normalized spacial score (nSPS) is 29.4. The summed E-state index contributed by atoms with van der Waals surface area (Å²) < 4.78 is 0. The fourth-order valence-corrected chi connectivity index (χ4v) is 2.93. The summed E-state index contributed by atoms with van der Waals surface area (Å²) >= 11 is 0. The average Bonchev–Trinajstić information content (AvgIpc) is 2.23. The predicted octanol–water partition coefficient (Wildman–Crippen LogP) is 2.25. The van der Waals surface area contributed by atoms with Crippen LogP contribution in [0.3, 0.4) is 0 Å². The van der Waals surface area contributed by atoms with Crippen molar-refractivity contribution in [1.29, 1.82) is 0 Å². The summed E-state index contributed by atoms with van der Waals surface area (Å²) in [4.78, 5) is 14.4. The molecule has 3 unspecified atom stereocenters. The lowest BCUT2D eigenvalue weighted by Crippen LogP contribution is -2.43. The molecule has 100 valence electrons. The van der Waals surface area contributed by atoms with Crippen LogP contribution in [-0.4, -0.2) is 29.9 Å². The van der Waals surface area contributed by atoms with Gasteiger partial charge in [-0.2, -0.15) is 0 Å². The minimum atomic E-state index is 0.160. The lowest BCUT2D eigenvalue weighted by Gasteiger charge is -2.34. The summed E-state index contributed by atoms with van der Waals surface area (Å²) in [6.45, 7) is 10.3. The van der Waals surface area contributed by atoms with Crippen LogP contribution >= 0.6 is 0 Å². The zero-order valence-electron chi connectivity index (χ0n) is 11.8. The van der Waals surface area contributed by atoms with Gasteiger partial charge in [0.05, 0.1) is 0 Å². The number of nitrogens with two attached hydrogens (primary N) is 1. The van der Waals surface area contributed by atoms with Crippen LogP contribution < -0.4 is 5.73 Å². The lowest BCUT2D eigenvalue weighted by molar-refractivity contribution is -0.137. The number of hydrogen-bond acceptors (Lipinski definition) is 2. The molecule has 17 heavy (non-hydrogen) atoms. The first-order valence-corrected chi connectivity index (χ1v) is 6.98. The summed E-state index contributed by atoms with van der Waals surface area (Å²) in [5, 5.41) is 0. The minimum Gasteiger partial charge on any atom is -0.342 e. The Bertz CT molecular complexity index is 243. The van der Waals surface area contributed by atoms with E-state index in [0.29, 0.717) is 17.7 Å². The van der Waals surface area contributed by atoms with Crippen LogP contribution in [0.25, 0.3) is 0 Å². The first-order chi connectivity index (χ1) is 7.93. The molecule has 0 heterocycles. The van der Waals surface area contributed by atoms with E-state index in [4.69, 9.17) is 5.73 Å². The van der Waals surface area contributed by atoms with E-state index in [1.54, 1.807) is 0 Å². The Morgan fingerprint density at radius 1 is 1.35 bits per heavy atom. The summed E-state index contributed by atoms with van der Waals surface area (Å²) in [7, 11) is 0. The molecule has 1 aliphatic rings. The maximum Gasteiger partial charge on any atom is 0.225 e. The van der Waals surface area contributed by atoms with Crippen LogP contribution in [-0.2, 0) is 4.79 Å². The van der Waals surface area contributed by atoms with Gasteiger partial charge in [-0.15, -0.1) is 0 Å². The third-order valence-electron chi connectivity index (χ3n) is 3.61. The summed E-state index contributed by atoms with van der Waals surface area (Å²) in [5.41, 5.74) is 6.03. The molecule has 3 nitrogen and oxygen atoms in total. The molecule has 1 saturated carbocycles. The number of rotatable bonds is 4. The van der Waals surface area contributed by atoms with E-state index in [2.05, 4.69) is 27.7 Å². The summed E-state index contributed by atoms with van der Waals surface area (Å²) in [6.07, 6.45) is 2.96. The Labute approximate surface area is 106 Å². The van der Waals surface area contributed by atoms with Gasteiger partial charge in [-0.1, -0.05) is 20.8 Å². The summed E-state index contributed by atoms with van der Waals surface area (Å²) in [5.74, 6) is 1.61. The molecule has 2 N–H and O–H groups in total. The Morgan fingerprint density at radius 2 is 2.00 bits per heavy atom. The molecule has 0 radical (unpaired) electrons. The van der Waals surface area contributed by atoms with E-state index >= 15 is 0 Å². The van der Waals surface area contributed by atoms with Gasteiger partial charge in [-0.3, -0.25) is 4.79 Å². The standard InChI is InChI=1S/C14H28N2O/c1-5-16(9-10(2)3)14(17)12-6-11(4)7-13(15)8-12/h10-13H,5-9,15H2,1-4H3. The third kappa shape index (κ3) is 4.30. The van der Waals surface area contributed by atoms with Gasteiger partial charge < -0.3 is 10.6 Å². The second-order valence-electron chi connectivity index (χ2n) is 6.04. The number of carbonyl (C=O) groups is 1. The number of carbonyl (C=O) groups excluding carboxylic acids is 1. The van der Waals surface area contributed by atoms with Gasteiger partial charge in [-0.05, 0) is 38.0 Å². The average molecular weight is 240 g/mol. The molecule has 0 aromatic carbocycles.